The molecule has 10 heteroatoms. The second kappa shape index (κ2) is 10.1. The maximum atomic E-state index is 12.5. The molecule has 5 N–H and O–H groups in total. The third kappa shape index (κ3) is 5.58. The second-order valence-electron chi connectivity index (χ2n) is 6.32. The first-order chi connectivity index (χ1) is 13.8. The number of nitrogens with two attached hydrogens (primary N) is 1. The van der Waals surface area contributed by atoms with Gasteiger partial charge in [-0.2, -0.15) is 0 Å². The van der Waals surface area contributed by atoms with E-state index in [1.165, 1.54) is 18.2 Å². The molecule has 0 aromatic heterocycles. The monoisotopic (exact) mass is 437 g/mol. The first kappa shape index (κ1) is 22.4. The van der Waals surface area contributed by atoms with Crippen molar-refractivity contribution in [3.05, 3.63) is 57.9 Å². The summed E-state index contributed by atoms with van der Waals surface area (Å²) in [5.74, 6) is -1.57. The Kier molecular flexibility index (Phi) is 7.81. The van der Waals surface area contributed by atoms with E-state index in [2.05, 4.69) is 17.2 Å². The van der Waals surface area contributed by atoms with Crippen LogP contribution in [0.25, 0.3) is 0 Å². The molecule has 8 nitrogen and oxygen atoms in total. The SMILES string of the molecule is C=CC(=O)N1CCC[C@H](NC(=O)C(N)=C(C=N)NC(=O)c2c(Cl)cccc2Cl)C1. The molecule has 1 aliphatic heterocycles. The standard InChI is InChI=1S/C19H21Cl2N5O3/c1-2-15(27)26-8-4-5-11(10-26)24-19(29)17(23)14(9-22)25-18(28)16-12(20)6-3-7-13(16)21/h2-3,6-7,9,11,22H,1,4-5,8,10,23H2,(H,24,29)(H,25,28)/t11-/m0/s1. The van der Waals surface area contributed by atoms with Crippen molar-refractivity contribution < 1.29 is 14.4 Å². The third-order valence-corrected chi connectivity index (χ3v) is 4.99. The summed E-state index contributed by atoms with van der Waals surface area (Å²) < 4.78 is 0. The molecule has 1 aromatic carbocycles. The Morgan fingerprint density at radius 2 is 1.93 bits per heavy atom. The minimum absolute atomic E-state index is 0.00857. The Bertz CT molecular complexity index is 864. The normalized spacial score (nSPS) is 17.0. The highest BCUT2D eigenvalue weighted by molar-refractivity contribution is 6.39. The number of amides is 3. The molecular formula is C19H21Cl2N5O3. The summed E-state index contributed by atoms with van der Waals surface area (Å²) in [5.41, 5.74) is 5.32. The maximum absolute atomic E-state index is 12.5. The van der Waals surface area contributed by atoms with Crippen LogP contribution in [-0.2, 0) is 9.59 Å². The lowest BCUT2D eigenvalue weighted by molar-refractivity contribution is -0.128. The van der Waals surface area contributed by atoms with E-state index < -0.39 is 11.8 Å². The number of nitrogens with one attached hydrogen (secondary N) is 3. The minimum atomic E-state index is -0.699. The van der Waals surface area contributed by atoms with Crippen LogP contribution in [0.3, 0.4) is 0 Å². The quantitative estimate of drug-likeness (QED) is 0.399. The van der Waals surface area contributed by atoms with Crippen molar-refractivity contribution in [3.8, 4) is 0 Å². The zero-order valence-corrected chi connectivity index (χ0v) is 17.0. The molecule has 2 rings (SSSR count). The molecule has 0 spiro atoms. The summed E-state index contributed by atoms with van der Waals surface area (Å²) >= 11 is 12.0. The molecule has 1 aromatic rings. The molecule has 1 fully saturated rings. The number of piperidine rings is 1. The predicted molar refractivity (Wildman–Crippen MR) is 112 cm³/mol. The zero-order chi connectivity index (χ0) is 21.6. The number of carbonyl (C=O) groups is 3. The number of likely N-dealkylation sites (tertiary alicyclic amines) is 1. The predicted octanol–water partition coefficient (Wildman–Crippen LogP) is 1.84. The molecule has 1 saturated heterocycles. The summed E-state index contributed by atoms with van der Waals surface area (Å²) in [6, 6.07) is 4.26. The molecule has 0 radical (unpaired) electrons. The number of halogens is 2. The van der Waals surface area contributed by atoms with Crippen LogP contribution in [0.2, 0.25) is 10.0 Å². The molecule has 0 saturated carbocycles. The summed E-state index contributed by atoms with van der Waals surface area (Å²) in [6.45, 7) is 4.37. The topological polar surface area (TPSA) is 128 Å². The van der Waals surface area contributed by atoms with E-state index in [1.807, 2.05) is 0 Å². The minimum Gasteiger partial charge on any atom is -0.393 e. The van der Waals surface area contributed by atoms with Gasteiger partial charge >= 0.3 is 0 Å². The number of hydrogen-bond donors (Lipinski definition) is 4. The van der Waals surface area contributed by atoms with E-state index in [9.17, 15) is 14.4 Å². The van der Waals surface area contributed by atoms with Crippen molar-refractivity contribution in [3.63, 3.8) is 0 Å². The molecule has 1 atom stereocenters. The molecule has 29 heavy (non-hydrogen) atoms. The zero-order valence-electron chi connectivity index (χ0n) is 15.5. The highest BCUT2D eigenvalue weighted by atomic mass is 35.5. The maximum Gasteiger partial charge on any atom is 0.269 e. The number of benzene rings is 1. The molecule has 0 unspecified atom stereocenters. The number of rotatable bonds is 6. The highest BCUT2D eigenvalue weighted by Crippen LogP contribution is 2.24. The van der Waals surface area contributed by atoms with Gasteiger partial charge in [0.2, 0.25) is 5.91 Å². The van der Waals surface area contributed by atoms with E-state index in [-0.39, 0.29) is 39.0 Å². The van der Waals surface area contributed by atoms with Crippen molar-refractivity contribution in [1.29, 1.82) is 5.41 Å². The van der Waals surface area contributed by atoms with Crippen LogP contribution in [0.5, 0.6) is 0 Å². The molecule has 0 bridgehead atoms. The molecular weight excluding hydrogens is 417 g/mol. The van der Waals surface area contributed by atoms with Crippen molar-refractivity contribution >= 4 is 47.1 Å². The van der Waals surface area contributed by atoms with Gasteiger partial charge in [-0.25, -0.2) is 0 Å². The summed E-state index contributed by atoms with van der Waals surface area (Å²) in [5, 5.41) is 12.8. The van der Waals surface area contributed by atoms with Gasteiger partial charge in [-0.05, 0) is 31.1 Å². The van der Waals surface area contributed by atoms with Gasteiger partial charge in [-0.1, -0.05) is 35.8 Å². The number of carbonyl (C=O) groups excluding carboxylic acids is 3. The Labute approximate surface area is 178 Å². The van der Waals surface area contributed by atoms with Crippen LogP contribution in [0.4, 0.5) is 0 Å². The van der Waals surface area contributed by atoms with E-state index in [1.54, 1.807) is 11.0 Å². The van der Waals surface area contributed by atoms with Crippen LogP contribution >= 0.6 is 23.2 Å². The average Bonchev–Trinajstić information content (AvgIpc) is 2.70. The average molecular weight is 438 g/mol. The van der Waals surface area contributed by atoms with Crippen molar-refractivity contribution in [2.45, 2.75) is 18.9 Å². The smallest absolute Gasteiger partial charge is 0.269 e. The highest BCUT2D eigenvalue weighted by Gasteiger charge is 2.25. The largest absolute Gasteiger partial charge is 0.393 e. The Morgan fingerprint density at radius 1 is 1.28 bits per heavy atom. The van der Waals surface area contributed by atoms with Crippen LogP contribution in [0, 0.1) is 5.41 Å². The first-order valence-electron chi connectivity index (χ1n) is 8.76. The fraction of sp³-hybridized carbons (Fsp3) is 0.263. The summed E-state index contributed by atoms with van der Waals surface area (Å²) in [4.78, 5) is 38.3. The van der Waals surface area contributed by atoms with Crippen molar-refractivity contribution in [1.82, 2.24) is 15.5 Å². The van der Waals surface area contributed by atoms with Gasteiger partial charge in [0.25, 0.3) is 11.8 Å². The number of allylic oxidation sites excluding steroid dienone is 1. The second-order valence-corrected chi connectivity index (χ2v) is 7.14. The van der Waals surface area contributed by atoms with E-state index in [4.69, 9.17) is 34.3 Å². The van der Waals surface area contributed by atoms with Crippen LogP contribution in [0.1, 0.15) is 23.2 Å². The van der Waals surface area contributed by atoms with Gasteiger partial charge in [0.1, 0.15) is 5.70 Å². The Hall–Kier alpha value is -2.84. The lowest BCUT2D eigenvalue weighted by Crippen LogP contribution is -2.50. The fourth-order valence-corrected chi connectivity index (χ4v) is 3.46. The van der Waals surface area contributed by atoms with Gasteiger partial charge in [0.05, 0.1) is 21.3 Å². The molecule has 0 aliphatic carbocycles. The third-order valence-electron chi connectivity index (χ3n) is 4.36. The molecule has 154 valence electrons. The lowest BCUT2D eigenvalue weighted by atomic mass is 10.1. The van der Waals surface area contributed by atoms with Gasteiger partial charge in [0, 0.05) is 25.3 Å². The van der Waals surface area contributed by atoms with Crippen LogP contribution < -0.4 is 16.4 Å². The van der Waals surface area contributed by atoms with Gasteiger partial charge in [-0.15, -0.1) is 0 Å². The Morgan fingerprint density at radius 3 is 2.52 bits per heavy atom. The van der Waals surface area contributed by atoms with Crippen molar-refractivity contribution in [2.75, 3.05) is 13.1 Å². The fourth-order valence-electron chi connectivity index (χ4n) is 2.89. The summed E-state index contributed by atoms with van der Waals surface area (Å²) in [6.07, 6.45) is 3.36. The lowest BCUT2D eigenvalue weighted by Gasteiger charge is -2.32. The van der Waals surface area contributed by atoms with E-state index >= 15 is 0 Å². The summed E-state index contributed by atoms with van der Waals surface area (Å²) in [7, 11) is 0. The first-order valence-corrected chi connectivity index (χ1v) is 9.51. The van der Waals surface area contributed by atoms with Gasteiger partial charge < -0.3 is 26.7 Å². The van der Waals surface area contributed by atoms with E-state index in [0.717, 1.165) is 6.21 Å². The van der Waals surface area contributed by atoms with E-state index in [0.29, 0.717) is 25.9 Å². The molecule has 1 aliphatic rings. The molecule has 1 heterocycles. The van der Waals surface area contributed by atoms with Gasteiger partial charge in [-0.3, -0.25) is 14.4 Å². The molecule has 3 amide bonds. The van der Waals surface area contributed by atoms with Crippen LogP contribution in [-0.4, -0.2) is 48.0 Å². The van der Waals surface area contributed by atoms with Crippen LogP contribution in [0.15, 0.2) is 42.2 Å². The van der Waals surface area contributed by atoms with Gasteiger partial charge in [0.15, 0.2) is 0 Å². The Balaban J connectivity index is 2.11. The number of nitrogens with zero attached hydrogens (tertiary/aromatic N) is 1. The van der Waals surface area contributed by atoms with Crippen molar-refractivity contribution in [2.24, 2.45) is 5.73 Å². The number of hydrogen-bond acceptors (Lipinski definition) is 5.